The molecule has 1 aliphatic rings. The largest absolute Gasteiger partial charge is 0.465 e. The summed E-state index contributed by atoms with van der Waals surface area (Å²) in [5, 5.41) is 2.86. The minimum Gasteiger partial charge on any atom is -0.465 e. The molecule has 0 aliphatic heterocycles. The van der Waals surface area contributed by atoms with Gasteiger partial charge in [-0.2, -0.15) is 0 Å². The number of anilines is 1. The zero-order chi connectivity index (χ0) is 15.4. The highest BCUT2D eigenvalue weighted by atomic mass is 16.5. The van der Waals surface area contributed by atoms with E-state index in [0.29, 0.717) is 17.8 Å². The van der Waals surface area contributed by atoms with Gasteiger partial charge in [0, 0.05) is 5.92 Å². The summed E-state index contributed by atoms with van der Waals surface area (Å²) in [6.45, 7) is 2.41. The van der Waals surface area contributed by atoms with E-state index in [1.54, 1.807) is 12.1 Å². The maximum Gasteiger partial charge on any atom is 0.339 e. The predicted octanol–water partition coefficient (Wildman–Crippen LogP) is 2.10. The van der Waals surface area contributed by atoms with Crippen molar-refractivity contribution in [1.82, 2.24) is 0 Å². The molecule has 114 valence electrons. The third kappa shape index (κ3) is 3.42. The number of ether oxygens (including phenoxy) is 1. The number of nitrogens with one attached hydrogen (secondary N) is 1. The molecule has 0 radical (unpaired) electrons. The zero-order valence-electron chi connectivity index (χ0n) is 12.5. The van der Waals surface area contributed by atoms with E-state index < -0.39 is 5.97 Å². The number of esters is 1. The van der Waals surface area contributed by atoms with Crippen molar-refractivity contribution in [3.05, 3.63) is 29.3 Å². The van der Waals surface area contributed by atoms with Crippen molar-refractivity contribution < 1.29 is 14.3 Å². The Morgan fingerprint density at radius 1 is 1.38 bits per heavy atom. The van der Waals surface area contributed by atoms with E-state index in [2.05, 4.69) is 5.32 Å². The van der Waals surface area contributed by atoms with E-state index in [1.807, 2.05) is 13.0 Å². The fourth-order valence-corrected chi connectivity index (χ4v) is 2.94. The number of nitrogens with two attached hydrogens (primary N) is 1. The number of rotatable bonds is 4. The van der Waals surface area contributed by atoms with Crippen LogP contribution in [-0.4, -0.2) is 25.5 Å². The minimum absolute atomic E-state index is 0.0584. The van der Waals surface area contributed by atoms with Gasteiger partial charge in [0.05, 0.1) is 18.4 Å². The Hall–Kier alpha value is -1.88. The molecule has 0 aromatic heterocycles. The van der Waals surface area contributed by atoms with Crippen molar-refractivity contribution in [1.29, 1.82) is 0 Å². The summed E-state index contributed by atoms with van der Waals surface area (Å²) in [6, 6.07) is 5.32. The molecule has 0 heterocycles. The van der Waals surface area contributed by atoms with Crippen molar-refractivity contribution in [2.24, 2.45) is 17.6 Å². The summed E-state index contributed by atoms with van der Waals surface area (Å²) in [6.07, 6.45) is 2.87. The fourth-order valence-electron chi connectivity index (χ4n) is 2.94. The Morgan fingerprint density at radius 2 is 2.14 bits per heavy atom. The second-order valence-corrected chi connectivity index (χ2v) is 5.56. The number of benzene rings is 1. The van der Waals surface area contributed by atoms with E-state index >= 15 is 0 Å². The second kappa shape index (κ2) is 6.72. The molecule has 2 atom stereocenters. The van der Waals surface area contributed by atoms with E-state index in [1.165, 1.54) is 7.11 Å². The van der Waals surface area contributed by atoms with Crippen LogP contribution in [0.15, 0.2) is 18.2 Å². The molecule has 3 N–H and O–H groups in total. The Morgan fingerprint density at radius 3 is 2.81 bits per heavy atom. The average Bonchev–Trinajstić information content (AvgIpc) is 2.96. The van der Waals surface area contributed by atoms with Crippen molar-refractivity contribution in [3.8, 4) is 0 Å². The number of hydrogen-bond donors (Lipinski definition) is 2. The summed E-state index contributed by atoms with van der Waals surface area (Å²) in [5.74, 6) is -0.341. The van der Waals surface area contributed by atoms with Gasteiger partial charge < -0.3 is 15.8 Å². The lowest BCUT2D eigenvalue weighted by Crippen LogP contribution is -2.30. The molecule has 0 bridgehead atoms. The molecule has 5 nitrogen and oxygen atoms in total. The first-order valence-electron chi connectivity index (χ1n) is 7.26. The van der Waals surface area contributed by atoms with Crippen LogP contribution in [0, 0.1) is 18.8 Å². The number of carbonyl (C=O) groups excluding carboxylic acids is 2. The lowest BCUT2D eigenvalue weighted by molar-refractivity contribution is -0.120. The standard InChI is InChI=1S/C16H22N2O3/c1-10-6-7-14(13(8-10)16(20)21-2)18-15(19)12-5-3-4-11(12)9-17/h6-8,11-12H,3-5,9,17H2,1-2H3,(H,18,19). The summed E-state index contributed by atoms with van der Waals surface area (Å²) >= 11 is 0. The molecule has 21 heavy (non-hydrogen) atoms. The Balaban J connectivity index is 2.19. The molecular weight excluding hydrogens is 268 g/mol. The fraction of sp³-hybridized carbons (Fsp3) is 0.500. The normalized spacial score (nSPS) is 21.1. The molecule has 1 saturated carbocycles. The predicted molar refractivity (Wildman–Crippen MR) is 81.0 cm³/mol. The van der Waals surface area contributed by atoms with Crippen LogP contribution in [0.2, 0.25) is 0 Å². The lowest BCUT2D eigenvalue weighted by Gasteiger charge is -2.18. The molecule has 2 unspecified atom stereocenters. The van der Waals surface area contributed by atoms with Gasteiger partial charge in [-0.3, -0.25) is 4.79 Å². The first-order chi connectivity index (χ1) is 10.1. The van der Waals surface area contributed by atoms with Crippen molar-refractivity contribution in [3.63, 3.8) is 0 Å². The van der Waals surface area contributed by atoms with Crippen molar-refractivity contribution >= 4 is 17.6 Å². The monoisotopic (exact) mass is 290 g/mol. The molecule has 1 aromatic rings. The number of aryl methyl sites for hydroxylation is 1. The average molecular weight is 290 g/mol. The highest BCUT2D eigenvalue weighted by Gasteiger charge is 2.32. The van der Waals surface area contributed by atoms with Crippen molar-refractivity contribution in [2.75, 3.05) is 19.0 Å². The van der Waals surface area contributed by atoms with Crippen LogP contribution in [0.3, 0.4) is 0 Å². The third-order valence-corrected chi connectivity index (χ3v) is 4.14. The highest BCUT2D eigenvalue weighted by molar-refractivity contribution is 6.02. The zero-order valence-corrected chi connectivity index (χ0v) is 12.5. The molecule has 0 saturated heterocycles. The van der Waals surface area contributed by atoms with Gasteiger partial charge in [0.25, 0.3) is 0 Å². The molecule has 1 aliphatic carbocycles. The smallest absolute Gasteiger partial charge is 0.339 e. The summed E-state index contributed by atoms with van der Waals surface area (Å²) < 4.78 is 4.77. The van der Waals surface area contributed by atoms with Crippen molar-refractivity contribution in [2.45, 2.75) is 26.2 Å². The Kier molecular flexibility index (Phi) is 4.96. The number of hydrogen-bond acceptors (Lipinski definition) is 4. The molecule has 1 aromatic carbocycles. The first kappa shape index (κ1) is 15.5. The van der Waals surface area contributed by atoms with Gasteiger partial charge in [-0.1, -0.05) is 18.1 Å². The minimum atomic E-state index is -0.448. The van der Waals surface area contributed by atoms with Crippen LogP contribution < -0.4 is 11.1 Å². The van der Waals surface area contributed by atoms with Gasteiger partial charge in [-0.05, 0) is 44.4 Å². The second-order valence-electron chi connectivity index (χ2n) is 5.56. The van der Waals surface area contributed by atoms with Gasteiger partial charge in [-0.15, -0.1) is 0 Å². The van der Waals surface area contributed by atoms with Crippen LogP contribution in [0.25, 0.3) is 0 Å². The van der Waals surface area contributed by atoms with E-state index in [9.17, 15) is 9.59 Å². The first-order valence-corrected chi connectivity index (χ1v) is 7.26. The number of amides is 1. The molecule has 1 fully saturated rings. The SMILES string of the molecule is COC(=O)c1cc(C)ccc1NC(=O)C1CCCC1CN. The molecular formula is C16H22N2O3. The third-order valence-electron chi connectivity index (χ3n) is 4.14. The van der Waals surface area contributed by atoms with Gasteiger partial charge in [-0.25, -0.2) is 4.79 Å². The molecule has 0 spiro atoms. The Labute approximate surface area is 124 Å². The number of methoxy groups -OCH3 is 1. The van der Waals surface area contributed by atoms with E-state index in [0.717, 1.165) is 24.8 Å². The molecule has 2 rings (SSSR count). The van der Waals surface area contributed by atoms with Gasteiger partial charge in [0.15, 0.2) is 0 Å². The number of carbonyl (C=O) groups is 2. The van der Waals surface area contributed by atoms with Gasteiger partial charge >= 0.3 is 5.97 Å². The quantitative estimate of drug-likeness (QED) is 0.832. The highest BCUT2D eigenvalue weighted by Crippen LogP contribution is 2.32. The maximum atomic E-state index is 12.4. The van der Waals surface area contributed by atoms with Gasteiger partial charge in [0.2, 0.25) is 5.91 Å². The summed E-state index contributed by atoms with van der Waals surface area (Å²) in [4.78, 5) is 24.2. The summed E-state index contributed by atoms with van der Waals surface area (Å²) in [5.41, 5.74) is 7.54. The lowest BCUT2D eigenvalue weighted by atomic mass is 9.95. The maximum absolute atomic E-state index is 12.4. The van der Waals surface area contributed by atoms with E-state index in [-0.39, 0.29) is 17.7 Å². The van der Waals surface area contributed by atoms with Crippen LogP contribution in [0.4, 0.5) is 5.69 Å². The molecule has 5 heteroatoms. The topological polar surface area (TPSA) is 81.4 Å². The van der Waals surface area contributed by atoms with E-state index in [4.69, 9.17) is 10.5 Å². The van der Waals surface area contributed by atoms with Crippen LogP contribution in [0.5, 0.6) is 0 Å². The Bertz CT molecular complexity index is 542. The van der Waals surface area contributed by atoms with Crippen LogP contribution >= 0.6 is 0 Å². The van der Waals surface area contributed by atoms with Crippen LogP contribution in [0.1, 0.15) is 35.2 Å². The molecule has 1 amide bonds. The van der Waals surface area contributed by atoms with Gasteiger partial charge in [0.1, 0.15) is 0 Å². The summed E-state index contributed by atoms with van der Waals surface area (Å²) in [7, 11) is 1.33. The van der Waals surface area contributed by atoms with Crippen LogP contribution in [-0.2, 0) is 9.53 Å².